The maximum absolute atomic E-state index is 12.7. The fraction of sp³-hybridized carbons (Fsp3) is 0.269. The summed E-state index contributed by atoms with van der Waals surface area (Å²) in [5, 5.41) is 11.9. The van der Waals surface area contributed by atoms with E-state index in [1.54, 1.807) is 30.5 Å². The number of nitriles is 1. The van der Waals surface area contributed by atoms with Crippen LogP contribution in [0.4, 0.5) is 0 Å². The van der Waals surface area contributed by atoms with Crippen molar-refractivity contribution in [2.75, 3.05) is 13.2 Å². The molecule has 0 aromatic heterocycles. The maximum Gasteiger partial charge on any atom is 0.251 e. The summed E-state index contributed by atoms with van der Waals surface area (Å²) in [6.07, 6.45) is 2.41. The van der Waals surface area contributed by atoms with Crippen LogP contribution in [0.25, 0.3) is 11.1 Å². The lowest BCUT2D eigenvalue weighted by molar-refractivity contribution is -0.177. The third-order valence-corrected chi connectivity index (χ3v) is 5.54. The molecule has 4 rings (SSSR count). The maximum atomic E-state index is 12.7. The molecular weight excluding hydrogens is 402 g/mol. The molecule has 2 heterocycles. The predicted molar refractivity (Wildman–Crippen MR) is 123 cm³/mol. The highest BCUT2D eigenvalue weighted by molar-refractivity contribution is 5.95. The smallest absolute Gasteiger partial charge is 0.251 e. The van der Waals surface area contributed by atoms with Crippen LogP contribution in [-0.4, -0.2) is 31.1 Å². The number of hydrogen-bond donors (Lipinski definition) is 1. The molecule has 0 spiro atoms. The van der Waals surface area contributed by atoms with E-state index in [4.69, 9.17) is 14.7 Å². The first-order valence-electron chi connectivity index (χ1n) is 10.5. The van der Waals surface area contributed by atoms with Gasteiger partial charge in [0.25, 0.3) is 5.91 Å². The van der Waals surface area contributed by atoms with Gasteiger partial charge in [0.2, 0.25) is 5.79 Å². The van der Waals surface area contributed by atoms with Crippen molar-refractivity contribution in [2.45, 2.75) is 33.0 Å². The van der Waals surface area contributed by atoms with Crippen LogP contribution in [0.5, 0.6) is 0 Å². The largest absolute Gasteiger partial charge is 0.465 e. The van der Waals surface area contributed by atoms with Crippen molar-refractivity contribution in [1.29, 1.82) is 5.26 Å². The lowest BCUT2D eigenvalue weighted by Crippen LogP contribution is -2.28. The van der Waals surface area contributed by atoms with Crippen LogP contribution in [0.3, 0.4) is 0 Å². The van der Waals surface area contributed by atoms with E-state index < -0.39 is 5.79 Å². The summed E-state index contributed by atoms with van der Waals surface area (Å²) in [4.78, 5) is 17.2. The van der Waals surface area contributed by atoms with Gasteiger partial charge in [-0.1, -0.05) is 24.3 Å². The van der Waals surface area contributed by atoms with Crippen molar-refractivity contribution in [1.82, 2.24) is 5.32 Å². The zero-order valence-electron chi connectivity index (χ0n) is 18.4. The second-order valence-electron chi connectivity index (χ2n) is 8.31. The normalized spacial score (nSPS) is 17.2. The number of nitrogens with one attached hydrogen (secondary N) is 1. The zero-order chi connectivity index (χ0) is 22.7. The minimum absolute atomic E-state index is 0.154. The second-order valence-corrected chi connectivity index (χ2v) is 8.31. The molecule has 2 aliphatic heterocycles. The summed E-state index contributed by atoms with van der Waals surface area (Å²) < 4.78 is 11.9. The van der Waals surface area contributed by atoms with E-state index >= 15 is 0 Å². The molecular formula is C26H25N3O3. The molecule has 2 aliphatic rings. The van der Waals surface area contributed by atoms with E-state index in [1.165, 1.54) is 0 Å². The number of amides is 1. The van der Waals surface area contributed by atoms with Gasteiger partial charge in [-0.3, -0.25) is 9.79 Å². The van der Waals surface area contributed by atoms with E-state index in [-0.39, 0.29) is 5.91 Å². The minimum atomic E-state index is -0.712. The number of fused-ring (bicyclic) bond motifs is 2. The van der Waals surface area contributed by atoms with Crippen LogP contribution in [0, 0.1) is 11.3 Å². The number of aliphatic imine (C=N–C) groups is 1. The van der Waals surface area contributed by atoms with Gasteiger partial charge in [-0.15, -0.1) is 0 Å². The van der Waals surface area contributed by atoms with Gasteiger partial charge in [-0.25, -0.2) is 0 Å². The first kappa shape index (κ1) is 21.5. The molecule has 1 N–H and O–H groups in total. The molecule has 32 heavy (non-hydrogen) atoms. The first-order valence-corrected chi connectivity index (χ1v) is 10.5. The molecule has 1 amide bonds. The molecule has 0 aliphatic carbocycles. The second kappa shape index (κ2) is 8.81. The topological polar surface area (TPSA) is 83.7 Å². The summed E-state index contributed by atoms with van der Waals surface area (Å²) >= 11 is 0. The zero-order valence-corrected chi connectivity index (χ0v) is 18.4. The van der Waals surface area contributed by atoms with Gasteiger partial charge in [0.15, 0.2) is 0 Å². The molecule has 0 atom stereocenters. The Labute approximate surface area is 187 Å². The molecule has 0 radical (unpaired) electrons. The molecule has 6 nitrogen and oxygen atoms in total. The number of carbonyl (C=O) groups is 1. The lowest BCUT2D eigenvalue weighted by Gasteiger charge is -2.25. The van der Waals surface area contributed by atoms with Crippen LogP contribution in [0.1, 0.15) is 43.1 Å². The monoisotopic (exact) mass is 427 g/mol. The van der Waals surface area contributed by atoms with Crippen LogP contribution < -0.4 is 5.32 Å². The third kappa shape index (κ3) is 4.79. The van der Waals surface area contributed by atoms with Crippen LogP contribution in [0.15, 0.2) is 76.1 Å². The highest BCUT2D eigenvalue weighted by Crippen LogP contribution is 2.32. The Bertz CT molecular complexity index is 1160. The third-order valence-electron chi connectivity index (χ3n) is 5.54. The van der Waals surface area contributed by atoms with Crippen LogP contribution in [0.2, 0.25) is 0 Å². The Balaban J connectivity index is 1.45. The number of allylic oxidation sites excluding steroid dienone is 2. The standard InChI is InChI=1S/C26H25N3O3/c1-17-24-12-22(16-31-26(2,3)32-24)23(14-28-17)15-29-25(30)21-10-8-20(9-11-21)19-6-4-18(13-27)5-7-19/h4-11,14H,12,15-16H2,1-3H3,(H,29,30). The number of rotatable bonds is 4. The van der Waals surface area contributed by atoms with Crippen molar-refractivity contribution >= 4 is 12.1 Å². The predicted octanol–water partition coefficient (Wildman–Crippen LogP) is 4.74. The number of ether oxygens (including phenoxy) is 2. The number of benzene rings is 2. The number of nitrogens with zero attached hydrogens (tertiary/aromatic N) is 2. The molecule has 0 unspecified atom stereocenters. The van der Waals surface area contributed by atoms with E-state index in [1.807, 2.05) is 45.0 Å². The van der Waals surface area contributed by atoms with E-state index in [2.05, 4.69) is 16.4 Å². The lowest BCUT2D eigenvalue weighted by atomic mass is 10.0. The van der Waals surface area contributed by atoms with Crippen LogP contribution in [-0.2, 0) is 9.47 Å². The van der Waals surface area contributed by atoms with Crippen molar-refractivity contribution < 1.29 is 14.3 Å². The molecule has 2 aromatic carbocycles. The average molecular weight is 428 g/mol. The summed E-state index contributed by atoms with van der Waals surface area (Å²) in [6.45, 7) is 6.48. The van der Waals surface area contributed by atoms with Gasteiger partial charge >= 0.3 is 0 Å². The van der Waals surface area contributed by atoms with Gasteiger partial charge in [-0.2, -0.15) is 5.26 Å². The van der Waals surface area contributed by atoms with E-state index in [0.717, 1.165) is 33.7 Å². The van der Waals surface area contributed by atoms with Crippen molar-refractivity contribution in [3.8, 4) is 17.2 Å². The van der Waals surface area contributed by atoms with E-state index in [9.17, 15) is 4.79 Å². The molecule has 1 saturated heterocycles. The Hall–Kier alpha value is -3.69. The van der Waals surface area contributed by atoms with Gasteiger partial charge in [-0.05, 0) is 53.5 Å². The minimum Gasteiger partial charge on any atom is -0.465 e. The Morgan fingerprint density at radius 2 is 1.78 bits per heavy atom. The number of hydrogen-bond acceptors (Lipinski definition) is 5. The van der Waals surface area contributed by atoms with Gasteiger partial charge < -0.3 is 14.8 Å². The summed E-state index contributed by atoms with van der Waals surface area (Å²) in [5.74, 6) is -0.0624. The van der Waals surface area contributed by atoms with Gasteiger partial charge in [0.05, 0.1) is 23.9 Å². The number of carbonyl (C=O) groups excluding carboxylic acids is 1. The molecule has 162 valence electrons. The molecule has 6 heteroatoms. The molecule has 2 bridgehead atoms. The van der Waals surface area contributed by atoms with Crippen molar-refractivity contribution in [2.24, 2.45) is 4.99 Å². The summed E-state index contributed by atoms with van der Waals surface area (Å²) in [6, 6.07) is 16.9. The molecule has 0 saturated carbocycles. The Morgan fingerprint density at radius 1 is 1.12 bits per heavy atom. The fourth-order valence-corrected chi connectivity index (χ4v) is 3.61. The Kier molecular flexibility index (Phi) is 5.93. The van der Waals surface area contributed by atoms with Crippen LogP contribution >= 0.6 is 0 Å². The Morgan fingerprint density at radius 3 is 2.44 bits per heavy atom. The van der Waals surface area contributed by atoms with E-state index in [0.29, 0.717) is 30.7 Å². The first-order chi connectivity index (χ1) is 15.3. The molecule has 1 fully saturated rings. The van der Waals surface area contributed by atoms with Crippen molar-refractivity contribution in [3.63, 3.8) is 0 Å². The fourth-order valence-electron chi connectivity index (χ4n) is 3.61. The quantitative estimate of drug-likeness (QED) is 0.764. The summed E-state index contributed by atoms with van der Waals surface area (Å²) in [7, 11) is 0. The van der Waals surface area contributed by atoms with Crippen molar-refractivity contribution in [3.05, 3.63) is 82.3 Å². The SMILES string of the molecule is CC1=C2CC(=C(CNC(=O)c3ccc(-c4ccc(C#N)cc4)cc3)C=N1)COC(C)(C)O2. The highest BCUT2D eigenvalue weighted by atomic mass is 16.7. The highest BCUT2D eigenvalue weighted by Gasteiger charge is 2.29. The van der Waals surface area contributed by atoms with Gasteiger partial charge in [0, 0.05) is 38.6 Å². The average Bonchev–Trinajstić information content (AvgIpc) is 3.05. The van der Waals surface area contributed by atoms with Gasteiger partial charge in [0.1, 0.15) is 5.76 Å². The summed E-state index contributed by atoms with van der Waals surface area (Å²) in [5.41, 5.74) is 5.99. The molecule has 2 aromatic rings.